The van der Waals surface area contributed by atoms with Gasteiger partial charge in [-0.3, -0.25) is 9.89 Å². The Balaban J connectivity index is 2.00. The first-order chi connectivity index (χ1) is 8.63. The van der Waals surface area contributed by atoms with E-state index in [2.05, 4.69) is 14.8 Å². The predicted octanol–water partition coefficient (Wildman–Crippen LogP) is 2.58. The SMILES string of the molecule is Cc1[nH]ncc1CCCn1c(C)cc(C=O)c1C. The second kappa shape index (κ2) is 5.21. The number of nitrogens with zero attached hydrogens (tertiary/aromatic N) is 2. The number of hydrogen-bond acceptors (Lipinski definition) is 2. The molecule has 1 N–H and O–H groups in total. The van der Waals surface area contributed by atoms with Crippen molar-refractivity contribution in [1.29, 1.82) is 0 Å². The van der Waals surface area contributed by atoms with Gasteiger partial charge in [-0.05, 0) is 45.2 Å². The molecular weight excluding hydrogens is 226 g/mol. The molecule has 0 aliphatic carbocycles. The van der Waals surface area contributed by atoms with Crippen LogP contribution in [0.25, 0.3) is 0 Å². The topological polar surface area (TPSA) is 50.7 Å². The number of aromatic amines is 1. The van der Waals surface area contributed by atoms with E-state index in [1.807, 2.05) is 33.0 Å². The van der Waals surface area contributed by atoms with Gasteiger partial charge in [-0.25, -0.2) is 0 Å². The number of rotatable bonds is 5. The monoisotopic (exact) mass is 245 g/mol. The second-order valence-electron chi connectivity index (χ2n) is 4.72. The highest BCUT2D eigenvalue weighted by Crippen LogP contribution is 2.15. The molecule has 0 aromatic carbocycles. The van der Waals surface area contributed by atoms with Crippen molar-refractivity contribution in [2.75, 3.05) is 0 Å². The molecule has 0 saturated heterocycles. The summed E-state index contributed by atoms with van der Waals surface area (Å²) in [6.45, 7) is 7.03. The van der Waals surface area contributed by atoms with Gasteiger partial charge in [0.15, 0.2) is 6.29 Å². The Bertz CT molecular complexity index is 551. The summed E-state index contributed by atoms with van der Waals surface area (Å²) in [5.41, 5.74) is 5.43. The molecule has 0 saturated carbocycles. The molecule has 4 nitrogen and oxygen atoms in total. The van der Waals surface area contributed by atoms with Crippen LogP contribution in [0.2, 0.25) is 0 Å². The standard InChI is InChI=1S/C14H19N3O/c1-10-7-14(9-18)12(3)17(10)6-4-5-13-8-15-16-11(13)2/h7-9H,4-6H2,1-3H3,(H,15,16). The van der Waals surface area contributed by atoms with Crippen molar-refractivity contribution in [2.24, 2.45) is 0 Å². The zero-order valence-corrected chi connectivity index (χ0v) is 11.2. The van der Waals surface area contributed by atoms with Crippen LogP contribution in [0.15, 0.2) is 12.3 Å². The number of hydrogen-bond donors (Lipinski definition) is 1. The summed E-state index contributed by atoms with van der Waals surface area (Å²) in [7, 11) is 0. The number of carbonyl (C=O) groups excluding carboxylic acids is 1. The van der Waals surface area contributed by atoms with Crippen LogP contribution >= 0.6 is 0 Å². The summed E-state index contributed by atoms with van der Waals surface area (Å²) in [6.07, 6.45) is 4.88. The minimum absolute atomic E-state index is 0.798. The Kier molecular flexibility index (Phi) is 3.65. The van der Waals surface area contributed by atoms with Crippen molar-refractivity contribution in [3.05, 3.63) is 40.5 Å². The van der Waals surface area contributed by atoms with Crippen LogP contribution < -0.4 is 0 Å². The third-order valence-electron chi connectivity index (χ3n) is 3.50. The lowest BCUT2D eigenvalue weighted by molar-refractivity contribution is 0.112. The van der Waals surface area contributed by atoms with Crippen LogP contribution in [0.4, 0.5) is 0 Å². The third kappa shape index (κ3) is 2.37. The van der Waals surface area contributed by atoms with Gasteiger partial charge >= 0.3 is 0 Å². The number of nitrogens with one attached hydrogen (secondary N) is 1. The van der Waals surface area contributed by atoms with Crippen LogP contribution in [0.3, 0.4) is 0 Å². The Morgan fingerprint density at radius 1 is 1.39 bits per heavy atom. The third-order valence-corrected chi connectivity index (χ3v) is 3.50. The molecule has 0 atom stereocenters. The molecule has 0 bridgehead atoms. The minimum Gasteiger partial charge on any atom is -0.348 e. The van der Waals surface area contributed by atoms with E-state index in [1.54, 1.807) is 0 Å². The fourth-order valence-corrected chi connectivity index (χ4v) is 2.35. The molecule has 2 rings (SSSR count). The van der Waals surface area contributed by atoms with E-state index < -0.39 is 0 Å². The summed E-state index contributed by atoms with van der Waals surface area (Å²) >= 11 is 0. The predicted molar refractivity (Wildman–Crippen MR) is 70.9 cm³/mol. The first-order valence-electron chi connectivity index (χ1n) is 6.24. The van der Waals surface area contributed by atoms with Crippen molar-refractivity contribution >= 4 is 6.29 Å². The van der Waals surface area contributed by atoms with E-state index in [9.17, 15) is 4.79 Å². The lowest BCUT2D eigenvalue weighted by atomic mass is 10.1. The molecule has 0 aliphatic heterocycles. The molecule has 2 aromatic rings. The first-order valence-corrected chi connectivity index (χ1v) is 6.24. The van der Waals surface area contributed by atoms with E-state index in [-0.39, 0.29) is 0 Å². The quantitative estimate of drug-likeness (QED) is 0.823. The Labute approximate surface area is 107 Å². The maximum Gasteiger partial charge on any atom is 0.151 e. The van der Waals surface area contributed by atoms with Crippen LogP contribution in [-0.4, -0.2) is 21.1 Å². The van der Waals surface area contributed by atoms with Gasteiger partial charge in [0.2, 0.25) is 0 Å². The van der Waals surface area contributed by atoms with Gasteiger partial charge in [0.1, 0.15) is 0 Å². The van der Waals surface area contributed by atoms with Crippen molar-refractivity contribution < 1.29 is 4.79 Å². The van der Waals surface area contributed by atoms with Crippen molar-refractivity contribution in [2.45, 2.75) is 40.2 Å². The number of aldehydes is 1. The van der Waals surface area contributed by atoms with Crippen LogP contribution in [0, 0.1) is 20.8 Å². The molecule has 96 valence electrons. The molecular formula is C14H19N3O. The van der Waals surface area contributed by atoms with E-state index in [0.29, 0.717) is 0 Å². The summed E-state index contributed by atoms with van der Waals surface area (Å²) in [5, 5.41) is 6.97. The van der Waals surface area contributed by atoms with E-state index >= 15 is 0 Å². The number of aryl methyl sites for hydroxylation is 3. The molecule has 0 spiro atoms. The largest absolute Gasteiger partial charge is 0.348 e. The summed E-state index contributed by atoms with van der Waals surface area (Å²) in [5.74, 6) is 0. The zero-order chi connectivity index (χ0) is 13.1. The minimum atomic E-state index is 0.798. The maximum atomic E-state index is 10.9. The molecule has 18 heavy (non-hydrogen) atoms. The Morgan fingerprint density at radius 2 is 2.17 bits per heavy atom. The van der Waals surface area contributed by atoms with E-state index in [1.165, 1.54) is 5.56 Å². The summed E-state index contributed by atoms with van der Waals surface area (Å²) in [4.78, 5) is 10.9. The highest BCUT2D eigenvalue weighted by molar-refractivity contribution is 5.77. The molecule has 0 radical (unpaired) electrons. The fraction of sp³-hybridized carbons (Fsp3) is 0.429. The second-order valence-corrected chi connectivity index (χ2v) is 4.72. The molecule has 2 heterocycles. The van der Waals surface area contributed by atoms with Gasteiger partial charge in [-0.15, -0.1) is 0 Å². The van der Waals surface area contributed by atoms with Crippen molar-refractivity contribution in [3.63, 3.8) is 0 Å². The average molecular weight is 245 g/mol. The number of carbonyl (C=O) groups is 1. The van der Waals surface area contributed by atoms with Crippen LogP contribution in [0.1, 0.15) is 39.4 Å². The smallest absolute Gasteiger partial charge is 0.151 e. The van der Waals surface area contributed by atoms with Gasteiger partial charge in [-0.2, -0.15) is 5.10 Å². The van der Waals surface area contributed by atoms with Gasteiger partial charge in [0.25, 0.3) is 0 Å². The molecule has 0 amide bonds. The molecule has 0 aliphatic rings. The molecule has 0 fully saturated rings. The van der Waals surface area contributed by atoms with Crippen LogP contribution in [0.5, 0.6) is 0 Å². The van der Waals surface area contributed by atoms with Crippen molar-refractivity contribution in [1.82, 2.24) is 14.8 Å². The highest BCUT2D eigenvalue weighted by atomic mass is 16.1. The number of H-pyrrole nitrogens is 1. The lowest BCUT2D eigenvalue weighted by Crippen LogP contribution is -2.04. The Morgan fingerprint density at radius 3 is 2.72 bits per heavy atom. The van der Waals surface area contributed by atoms with Gasteiger partial charge in [0.05, 0.1) is 6.20 Å². The van der Waals surface area contributed by atoms with Crippen LogP contribution in [-0.2, 0) is 13.0 Å². The number of aromatic nitrogens is 3. The Hall–Kier alpha value is -1.84. The van der Waals surface area contributed by atoms with E-state index in [0.717, 1.165) is 48.3 Å². The molecule has 2 aromatic heterocycles. The average Bonchev–Trinajstić information content (AvgIpc) is 2.87. The summed E-state index contributed by atoms with van der Waals surface area (Å²) < 4.78 is 2.21. The molecule has 4 heteroatoms. The van der Waals surface area contributed by atoms with E-state index in [4.69, 9.17) is 0 Å². The molecule has 0 unspecified atom stereocenters. The normalized spacial score (nSPS) is 10.8. The van der Waals surface area contributed by atoms with Crippen molar-refractivity contribution in [3.8, 4) is 0 Å². The maximum absolute atomic E-state index is 10.9. The van der Waals surface area contributed by atoms with Gasteiger partial charge < -0.3 is 4.57 Å². The summed E-state index contributed by atoms with van der Waals surface area (Å²) in [6, 6.07) is 1.95. The fourth-order valence-electron chi connectivity index (χ4n) is 2.35. The zero-order valence-electron chi connectivity index (χ0n) is 11.2. The first kappa shape index (κ1) is 12.6. The lowest BCUT2D eigenvalue weighted by Gasteiger charge is -2.09. The van der Waals surface area contributed by atoms with Gasteiger partial charge in [-0.1, -0.05) is 0 Å². The van der Waals surface area contributed by atoms with Gasteiger partial charge in [0, 0.05) is 29.2 Å². The highest BCUT2D eigenvalue weighted by Gasteiger charge is 2.08.